The summed E-state index contributed by atoms with van der Waals surface area (Å²) in [6.07, 6.45) is 2.64. The molecule has 2 fully saturated rings. The van der Waals surface area contributed by atoms with Gasteiger partial charge in [0, 0.05) is 6.42 Å². The van der Waals surface area contributed by atoms with E-state index in [1.807, 2.05) is 0 Å². The SMILES string of the molecule is Cl.O=C1COC2(CCNCC2)C1. The van der Waals surface area contributed by atoms with E-state index in [4.69, 9.17) is 4.74 Å². The Morgan fingerprint density at radius 2 is 2.00 bits per heavy atom. The van der Waals surface area contributed by atoms with Crippen LogP contribution >= 0.6 is 12.4 Å². The van der Waals surface area contributed by atoms with Crippen molar-refractivity contribution in [3.8, 4) is 0 Å². The second-order valence-corrected chi connectivity index (χ2v) is 3.44. The van der Waals surface area contributed by atoms with Crippen LogP contribution in [0.3, 0.4) is 0 Å². The van der Waals surface area contributed by atoms with Crippen molar-refractivity contribution in [2.24, 2.45) is 0 Å². The first kappa shape index (κ1) is 9.96. The molecule has 2 saturated heterocycles. The van der Waals surface area contributed by atoms with Crippen LogP contribution in [-0.2, 0) is 9.53 Å². The molecule has 0 aromatic rings. The zero-order chi connectivity index (χ0) is 7.73. The van der Waals surface area contributed by atoms with Crippen LogP contribution in [0.1, 0.15) is 19.3 Å². The third-order valence-corrected chi connectivity index (χ3v) is 2.57. The molecule has 4 heteroatoms. The Hall–Kier alpha value is -0.120. The summed E-state index contributed by atoms with van der Waals surface area (Å²) in [6, 6.07) is 0. The fourth-order valence-corrected chi connectivity index (χ4v) is 1.90. The molecule has 2 aliphatic heterocycles. The summed E-state index contributed by atoms with van der Waals surface area (Å²) in [6.45, 7) is 2.33. The molecule has 2 rings (SSSR count). The van der Waals surface area contributed by atoms with Gasteiger partial charge in [-0.3, -0.25) is 4.79 Å². The van der Waals surface area contributed by atoms with Crippen molar-refractivity contribution in [3.05, 3.63) is 0 Å². The van der Waals surface area contributed by atoms with E-state index >= 15 is 0 Å². The third-order valence-electron chi connectivity index (χ3n) is 2.57. The topological polar surface area (TPSA) is 38.3 Å². The van der Waals surface area contributed by atoms with Gasteiger partial charge in [0.15, 0.2) is 5.78 Å². The molecule has 3 nitrogen and oxygen atoms in total. The number of carbonyl (C=O) groups excluding carboxylic acids is 1. The Morgan fingerprint density at radius 3 is 2.50 bits per heavy atom. The maximum absolute atomic E-state index is 11.0. The highest BCUT2D eigenvalue weighted by molar-refractivity contribution is 5.85. The zero-order valence-electron chi connectivity index (χ0n) is 6.97. The lowest BCUT2D eigenvalue weighted by Gasteiger charge is -2.31. The van der Waals surface area contributed by atoms with Gasteiger partial charge >= 0.3 is 0 Å². The molecule has 0 amide bonds. The minimum Gasteiger partial charge on any atom is -0.367 e. The molecule has 0 aromatic carbocycles. The van der Waals surface area contributed by atoms with Crippen molar-refractivity contribution in [1.82, 2.24) is 5.32 Å². The van der Waals surface area contributed by atoms with Crippen LogP contribution in [0.4, 0.5) is 0 Å². The summed E-state index contributed by atoms with van der Waals surface area (Å²) >= 11 is 0. The molecule has 0 saturated carbocycles. The molecular weight excluding hydrogens is 178 g/mol. The number of piperidine rings is 1. The van der Waals surface area contributed by atoms with Gasteiger partial charge in [0.05, 0.1) is 5.60 Å². The maximum Gasteiger partial charge on any atom is 0.161 e. The van der Waals surface area contributed by atoms with E-state index in [1.165, 1.54) is 0 Å². The Balaban J connectivity index is 0.000000720. The van der Waals surface area contributed by atoms with Crippen molar-refractivity contribution < 1.29 is 9.53 Å². The lowest BCUT2D eigenvalue weighted by Crippen LogP contribution is -2.41. The van der Waals surface area contributed by atoms with E-state index in [9.17, 15) is 4.79 Å². The third kappa shape index (κ3) is 1.79. The minimum atomic E-state index is -0.0671. The van der Waals surface area contributed by atoms with Crippen molar-refractivity contribution in [1.29, 1.82) is 0 Å². The molecule has 0 aliphatic carbocycles. The number of carbonyl (C=O) groups is 1. The van der Waals surface area contributed by atoms with Gasteiger partial charge in [-0.1, -0.05) is 0 Å². The van der Waals surface area contributed by atoms with Gasteiger partial charge in [-0.25, -0.2) is 0 Å². The summed E-state index contributed by atoms with van der Waals surface area (Å²) in [5.74, 6) is 0.270. The van der Waals surface area contributed by atoms with Gasteiger partial charge in [0.1, 0.15) is 6.61 Å². The van der Waals surface area contributed by atoms with Crippen molar-refractivity contribution in [3.63, 3.8) is 0 Å². The summed E-state index contributed by atoms with van der Waals surface area (Å²) in [4.78, 5) is 11.0. The molecule has 1 N–H and O–H groups in total. The monoisotopic (exact) mass is 191 g/mol. The Bertz CT molecular complexity index is 178. The second kappa shape index (κ2) is 3.73. The quantitative estimate of drug-likeness (QED) is 0.607. The lowest BCUT2D eigenvalue weighted by atomic mass is 9.89. The smallest absolute Gasteiger partial charge is 0.161 e. The average Bonchev–Trinajstić information content (AvgIpc) is 2.34. The molecule has 70 valence electrons. The number of Topliss-reactive ketones (excluding diaryl/α,β-unsaturated/α-hetero) is 1. The van der Waals surface area contributed by atoms with Crippen LogP contribution in [-0.4, -0.2) is 31.1 Å². The van der Waals surface area contributed by atoms with E-state index in [2.05, 4.69) is 5.32 Å². The van der Waals surface area contributed by atoms with Gasteiger partial charge in [-0.2, -0.15) is 0 Å². The van der Waals surface area contributed by atoms with E-state index < -0.39 is 0 Å². The first-order valence-corrected chi connectivity index (χ1v) is 4.17. The van der Waals surface area contributed by atoms with E-state index in [0.717, 1.165) is 25.9 Å². The predicted molar refractivity (Wildman–Crippen MR) is 47.7 cm³/mol. The number of nitrogens with one attached hydrogen (secondary N) is 1. The van der Waals surface area contributed by atoms with Crippen LogP contribution in [0.2, 0.25) is 0 Å². The summed E-state index contributed by atoms with van der Waals surface area (Å²) in [7, 11) is 0. The molecule has 2 aliphatic rings. The fourth-order valence-electron chi connectivity index (χ4n) is 1.90. The van der Waals surface area contributed by atoms with Crippen LogP contribution in [0.15, 0.2) is 0 Å². The van der Waals surface area contributed by atoms with E-state index in [-0.39, 0.29) is 23.8 Å². The highest BCUT2D eigenvalue weighted by Gasteiger charge is 2.40. The summed E-state index contributed by atoms with van der Waals surface area (Å²) in [5.41, 5.74) is -0.0671. The van der Waals surface area contributed by atoms with Gasteiger partial charge in [0.25, 0.3) is 0 Å². The van der Waals surface area contributed by atoms with E-state index in [0.29, 0.717) is 13.0 Å². The van der Waals surface area contributed by atoms with Crippen molar-refractivity contribution in [2.75, 3.05) is 19.7 Å². The predicted octanol–water partition coefficient (Wildman–Crippen LogP) is 0.520. The first-order chi connectivity index (χ1) is 5.31. The highest BCUT2D eigenvalue weighted by Crippen LogP contribution is 2.31. The Kier molecular flexibility index (Phi) is 3.09. The van der Waals surface area contributed by atoms with Crippen molar-refractivity contribution in [2.45, 2.75) is 24.9 Å². The van der Waals surface area contributed by atoms with Crippen LogP contribution < -0.4 is 5.32 Å². The molecule has 2 heterocycles. The number of ether oxygens (including phenoxy) is 1. The van der Waals surface area contributed by atoms with Crippen LogP contribution in [0.5, 0.6) is 0 Å². The standard InChI is InChI=1S/C8H13NO2.ClH/c10-7-5-8(11-6-7)1-3-9-4-2-8;/h9H,1-6H2;1H. The minimum absolute atomic E-state index is 0. The Morgan fingerprint density at radius 1 is 1.33 bits per heavy atom. The van der Waals surface area contributed by atoms with Crippen LogP contribution in [0.25, 0.3) is 0 Å². The molecule has 1 spiro atoms. The van der Waals surface area contributed by atoms with Gasteiger partial charge in [0.2, 0.25) is 0 Å². The van der Waals surface area contributed by atoms with E-state index in [1.54, 1.807) is 0 Å². The molecule has 12 heavy (non-hydrogen) atoms. The van der Waals surface area contributed by atoms with Crippen LogP contribution in [0, 0.1) is 0 Å². The average molecular weight is 192 g/mol. The number of ketones is 1. The fraction of sp³-hybridized carbons (Fsp3) is 0.875. The normalized spacial score (nSPS) is 27.2. The van der Waals surface area contributed by atoms with Crippen molar-refractivity contribution >= 4 is 18.2 Å². The summed E-state index contributed by atoms with van der Waals surface area (Å²) in [5, 5.41) is 3.26. The second-order valence-electron chi connectivity index (χ2n) is 3.44. The number of rotatable bonds is 0. The molecule has 0 unspecified atom stereocenters. The lowest BCUT2D eigenvalue weighted by molar-refractivity contribution is -0.117. The molecule has 0 radical (unpaired) electrons. The van der Waals surface area contributed by atoms with Gasteiger partial charge < -0.3 is 10.1 Å². The highest BCUT2D eigenvalue weighted by atomic mass is 35.5. The maximum atomic E-state index is 11.0. The number of hydrogen-bond donors (Lipinski definition) is 1. The summed E-state index contributed by atoms with van der Waals surface area (Å²) < 4.78 is 5.50. The molecule has 0 bridgehead atoms. The molecule has 0 atom stereocenters. The number of halogens is 1. The largest absolute Gasteiger partial charge is 0.367 e. The number of hydrogen-bond acceptors (Lipinski definition) is 3. The van der Waals surface area contributed by atoms with Gasteiger partial charge in [-0.15, -0.1) is 12.4 Å². The Labute approximate surface area is 78.3 Å². The van der Waals surface area contributed by atoms with Gasteiger partial charge in [-0.05, 0) is 25.9 Å². The zero-order valence-corrected chi connectivity index (χ0v) is 7.78. The molecule has 0 aromatic heterocycles. The molecular formula is C8H14ClNO2. The first-order valence-electron chi connectivity index (χ1n) is 4.17.